The molecular formula is C16H23FN2O2S. The Bertz CT molecular complexity index is 499. The van der Waals surface area contributed by atoms with Crippen molar-refractivity contribution in [3.05, 3.63) is 30.1 Å². The summed E-state index contributed by atoms with van der Waals surface area (Å²) in [6, 6.07) is 6.35. The van der Waals surface area contributed by atoms with Crippen LogP contribution in [0.25, 0.3) is 0 Å². The van der Waals surface area contributed by atoms with E-state index in [0.717, 1.165) is 31.0 Å². The van der Waals surface area contributed by atoms with Crippen LogP contribution >= 0.6 is 11.8 Å². The summed E-state index contributed by atoms with van der Waals surface area (Å²) >= 11 is 1.88. The molecule has 0 spiro atoms. The quantitative estimate of drug-likeness (QED) is 0.830. The molecule has 1 amide bonds. The van der Waals surface area contributed by atoms with Gasteiger partial charge < -0.3 is 14.5 Å². The summed E-state index contributed by atoms with van der Waals surface area (Å²) in [6.07, 6.45) is 0.986. The molecule has 6 heteroatoms. The van der Waals surface area contributed by atoms with Gasteiger partial charge in [0.2, 0.25) is 0 Å². The lowest BCUT2D eigenvalue weighted by atomic mass is 10.2. The fourth-order valence-electron chi connectivity index (χ4n) is 2.51. The largest absolute Gasteiger partial charge is 0.481 e. The number of benzene rings is 1. The lowest BCUT2D eigenvalue weighted by molar-refractivity contribution is -0.135. The predicted molar refractivity (Wildman–Crippen MR) is 87.9 cm³/mol. The normalized spacial score (nSPS) is 19.1. The molecule has 2 rings (SSSR count). The molecule has 1 aliphatic rings. The molecule has 1 saturated heterocycles. The molecular weight excluding hydrogens is 303 g/mol. The number of halogens is 1. The summed E-state index contributed by atoms with van der Waals surface area (Å²) in [5.74, 6) is 1.62. The lowest BCUT2D eigenvalue weighted by Crippen LogP contribution is -2.48. The molecule has 122 valence electrons. The van der Waals surface area contributed by atoms with Gasteiger partial charge in [0.1, 0.15) is 0 Å². The number of rotatable bonds is 5. The zero-order valence-corrected chi connectivity index (χ0v) is 13.9. The first-order chi connectivity index (χ1) is 10.6. The van der Waals surface area contributed by atoms with Crippen molar-refractivity contribution in [2.45, 2.75) is 12.5 Å². The minimum atomic E-state index is -0.438. The molecule has 1 atom stereocenters. The van der Waals surface area contributed by atoms with Crippen molar-refractivity contribution in [1.82, 2.24) is 9.80 Å². The lowest BCUT2D eigenvalue weighted by Gasteiger charge is -2.31. The number of hydrogen-bond donors (Lipinski definition) is 0. The van der Waals surface area contributed by atoms with Crippen LogP contribution in [0.1, 0.15) is 6.42 Å². The van der Waals surface area contributed by atoms with Gasteiger partial charge in [0.15, 0.2) is 18.2 Å². The maximum absolute atomic E-state index is 13.5. The fourth-order valence-corrected chi connectivity index (χ4v) is 3.57. The molecule has 1 aromatic carbocycles. The van der Waals surface area contributed by atoms with Gasteiger partial charge in [-0.2, -0.15) is 11.8 Å². The standard InChI is InChI=1S/C16H23FN2O2S/c1-18(2)10-13-12-22-9-5-8-19(13)16(20)11-21-15-7-4-3-6-14(15)17/h3-4,6-7,13H,5,8-12H2,1-2H3/t13-/m0/s1. The first kappa shape index (κ1) is 17.1. The first-order valence-electron chi connectivity index (χ1n) is 7.47. The molecule has 0 radical (unpaired) electrons. The Labute approximate surface area is 135 Å². The Kier molecular flexibility index (Phi) is 6.51. The highest BCUT2D eigenvalue weighted by molar-refractivity contribution is 7.99. The Morgan fingerprint density at radius 3 is 2.95 bits per heavy atom. The van der Waals surface area contributed by atoms with E-state index < -0.39 is 5.82 Å². The molecule has 4 nitrogen and oxygen atoms in total. The molecule has 22 heavy (non-hydrogen) atoms. The van der Waals surface area contributed by atoms with E-state index in [9.17, 15) is 9.18 Å². The number of ether oxygens (including phenoxy) is 1. The molecule has 0 N–H and O–H groups in total. The van der Waals surface area contributed by atoms with Crippen LogP contribution in [0.5, 0.6) is 5.75 Å². The van der Waals surface area contributed by atoms with Gasteiger partial charge in [-0.15, -0.1) is 0 Å². The van der Waals surface area contributed by atoms with Crippen LogP contribution < -0.4 is 4.74 Å². The van der Waals surface area contributed by atoms with Gasteiger partial charge in [0.25, 0.3) is 5.91 Å². The van der Waals surface area contributed by atoms with E-state index in [0.29, 0.717) is 0 Å². The van der Waals surface area contributed by atoms with Gasteiger partial charge in [-0.25, -0.2) is 4.39 Å². The average Bonchev–Trinajstić information content (AvgIpc) is 2.71. The summed E-state index contributed by atoms with van der Waals surface area (Å²) in [5.41, 5.74) is 0. The maximum atomic E-state index is 13.5. The van der Waals surface area contributed by atoms with Crippen molar-refractivity contribution in [3.63, 3.8) is 0 Å². The van der Waals surface area contributed by atoms with Gasteiger partial charge in [0, 0.05) is 18.8 Å². The summed E-state index contributed by atoms with van der Waals surface area (Å²) < 4.78 is 18.9. The third-order valence-corrected chi connectivity index (χ3v) is 4.72. The minimum absolute atomic E-state index is 0.0717. The third-order valence-electron chi connectivity index (χ3n) is 3.52. The summed E-state index contributed by atoms with van der Waals surface area (Å²) in [6.45, 7) is 1.46. The maximum Gasteiger partial charge on any atom is 0.260 e. The van der Waals surface area contributed by atoms with Crippen LogP contribution in [-0.4, -0.2) is 67.0 Å². The highest BCUT2D eigenvalue weighted by Gasteiger charge is 2.26. The number of likely N-dealkylation sites (N-methyl/N-ethyl adjacent to an activating group) is 1. The van der Waals surface area contributed by atoms with Crippen LogP contribution in [-0.2, 0) is 4.79 Å². The van der Waals surface area contributed by atoms with Crippen molar-refractivity contribution in [2.75, 3.05) is 45.3 Å². The van der Waals surface area contributed by atoms with Crippen LogP contribution in [0, 0.1) is 5.82 Å². The van der Waals surface area contributed by atoms with E-state index in [1.165, 1.54) is 12.1 Å². The second-order valence-corrected chi connectivity index (χ2v) is 6.80. The molecule has 0 unspecified atom stereocenters. The zero-order valence-electron chi connectivity index (χ0n) is 13.1. The Balaban J connectivity index is 1.97. The Morgan fingerprint density at radius 1 is 1.45 bits per heavy atom. The second kappa shape index (κ2) is 8.39. The van der Waals surface area contributed by atoms with Crippen LogP contribution in [0.15, 0.2) is 24.3 Å². The van der Waals surface area contributed by atoms with E-state index in [2.05, 4.69) is 4.90 Å². The third kappa shape index (κ3) is 4.88. The van der Waals surface area contributed by atoms with Crippen LogP contribution in [0.4, 0.5) is 4.39 Å². The van der Waals surface area contributed by atoms with E-state index in [1.54, 1.807) is 12.1 Å². The van der Waals surface area contributed by atoms with Gasteiger partial charge in [-0.1, -0.05) is 12.1 Å². The van der Waals surface area contributed by atoms with Crippen molar-refractivity contribution in [2.24, 2.45) is 0 Å². The zero-order chi connectivity index (χ0) is 15.9. The number of thioether (sulfide) groups is 1. The molecule has 0 saturated carbocycles. The van der Waals surface area contributed by atoms with Gasteiger partial charge in [0.05, 0.1) is 6.04 Å². The fraction of sp³-hybridized carbons (Fsp3) is 0.562. The number of hydrogen-bond acceptors (Lipinski definition) is 4. The second-order valence-electron chi connectivity index (χ2n) is 5.65. The van der Waals surface area contributed by atoms with Gasteiger partial charge in [-0.05, 0) is 38.4 Å². The van der Waals surface area contributed by atoms with Gasteiger partial charge in [-0.3, -0.25) is 4.79 Å². The summed E-state index contributed by atoms with van der Waals surface area (Å²) in [4.78, 5) is 16.5. The van der Waals surface area contributed by atoms with Crippen molar-refractivity contribution < 1.29 is 13.9 Å². The van der Waals surface area contributed by atoms with Crippen molar-refractivity contribution in [3.8, 4) is 5.75 Å². The van der Waals surface area contributed by atoms with Crippen molar-refractivity contribution in [1.29, 1.82) is 0 Å². The molecule has 0 aromatic heterocycles. The average molecular weight is 326 g/mol. The number of carbonyl (C=O) groups is 1. The number of amides is 1. The van der Waals surface area contributed by atoms with Gasteiger partial charge >= 0.3 is 0 Å². The topological polar surface area (TPSA) is 32.8 Å². The highest BCUT2D eigenvalue weighted by Crippen LogP contribution is 2.19. The smallest absolute Gasteiger partial charge is 0.260 e. The summed E-state index contributed by atoms with van der Waals surface area (Å²) in [7, 11) is 4.02. The molecule has 1 aromatic rings. The van der Waals surface area contributed by atoms with Crippen LogP contribution in [0.3, 0.4) is 0 Å². The monoisotopic (exact) mass is 326 g/mol. The molecule has 1 fully saturated rings. The molecule has 1 aliphatic heterocycles. The van der Waals surface area contributed by atoms with E-state index in [4.69, 9.17) is 4.74 Å². The minimum Gasteiger partial charge on any atom is -0.481 e. The number of para-hydroxylation sites is 1. The van der Waals surface area contributed by atoms with E-state index in [1.807, 2.05) is 30.8 Å². The SMILES string of the molecule is CN(C)C[C@H]1CSCCCN1C(=O)COc1ccccc1F. The van der Waals surface area contributed by atoms with E-state index >= 15 is 0 Å². The predicted octanol–water partition coefficient (Wildman–Crippen LogP) is 2.10. The molecule has 0 bridgehead atoms. The Morgan fingerprint density at radius 2 is 2.23 bits per heavy atom. The molecule has 0 aliphatic carbocycles. The van der Waals surface area contributed by atoms with Crippen molar-refractivity contribution >= 4 is 17.7 Å². The van der Waals surface area contributed by atoms with Crippen LogP contribution in [0.2, 0.25) is 0 Å². The number of carbonyl (C=O) groups excluding carboxylic acids is 1. The summed E-state index contributed by atoms with van der Waals surface area (Å²) in [5, 5.41) is 0. The highest BCUT2D eigenvalue weighted by atomic mass is 32.2. The molecule has 1 heterocycles. The first-order valence-corrected chi connectivity index (χ1v) is 8.62. The Hall–Kier alpha value is -1.27. The number of nitrogens with zero attached hydrogens (tertiary/aromatic N) is 2. The van der Waals surface area contributed by atoms with E-state index in [-0.39, 0.29) is 24.3 Å².